The second kappa shape index (κ2) is 9.19. The van der Waals surface area contributed by atoms with E-state index in [1.54, 1.807) is 69.3 Å². The summed E-state index contributed by atoms with van der Waals surface area (Å²) in [4.78, 5) is 23.4. The Balaban J connectivity index is 1.89. The second-order valence-corrected chi connectivity index (χ2v) is 9.49. The van der Waals surface area contributed by atoms with E-state index in [1.165, 1.54) is 6.92 Å². The fourth-order valence-corrected chi connectivity index (χ4v) is 4.04. The minimum Gasteiger partial charge on any atom is -0.326 e. The summed E-state index contributed by atoms with van der Waals surface area (Å²) in [6.45, 7) is 6.78. The molecule has 2 rings (SSSR count). The van der Waals surface area contributed by atoms with Crippen molar-refractivity contribution in [3.8, 4) is 0 Å². The first-order valence-electron chi connectivity index (χ1n) is 9.25. The van der Waals surface area contributed by atoms with Gasteiger partial charge in [-0.3, -0.25) is 9.59 Å². The van der Waals surface area contributed by atoms with Crippen molar-refractivity contribution in [2.45, 2.75) is 51.0 Å². The van der Waals surface area contributed by atoms with Gasteiger partial charge in [-0.1, -0.05) is 12.1 Å². The summed E-state index contributed by atoms with van der Waals surface area (Å²) in [5.74, 6) is -0.307. The van der Waals surface area contributed by atoms with Crippen LogP contribution in [0.4, 0.5) is 11.4 Å². The van der Waals surface area contributed by atoms with E-state index in [-0.39, 0.29) is 23.1 Å². The van der Waals surface area contributed by atoms with Crippen LogP contribution in [0.3, 0.4) is 0 Å². The molecule has 2 aromatic carbocycles. The molecule has 0 heterocycles. The van der Waals surface area contributed by atoms with Crippen molar-refractivity contribution in [3.63, 3.8) is 0 Å². The number of rotatable bonds is 7. The third kappa shape index (κ3) is 7.67. The zero-order valence-electron chi connectivity index (χ0n) is 17.1. The van der Waals surface area contributed by atoms with Gasteiger partial charge in [-0.05, 0) is 69.2 Å². The van der Waals surface area contributed by atoms with E-state index >= 15 is 0 Å². The quantitative estimate of drug-likeness (QED) is 0.643. The minimum absolute atomic E-state index is 0.150. The molecule has 0 atom stereocenters. The normalized spacial score (nSPS) is 11.7. The molecule has 0 radical (unpaired) electrons. The molecule has 156 valence electrons. The second-order valence-electron chi connectivity index (χ2n) is 7.81. The summed E-state index contributed by atoms with van der Waals surface area (Å²) in [5, 5.41) is 5.46. The maximum atomic E-state index is 12.3. The molecule has 2 amide bonds. The molecule has 0 saturated heterocycles. The summed E-state index contributed by atoms with van der Waals surface area (Å²) in [7, 11) is -3.57. The Morgan fingerprint density at radius 1 is 0.862 bits per heavy atom. The van der Waals surface area contributed by atoms with Crippen LogP contribution < -0.4 is 15.4 Å². The standard InChI is InChI=1S/C21H27N3O4S/c1-15(25)22-17-8-10-18(11-9-17)23-20(26)14-7-16-5-12-19(13-6-16)29(27,28)24-21(2,3)4/h5-6,8-13,24H,7,14H2,1-4H3,(H,22,25)(H,23,26). The van der Waals surface area contributed by atoms with Crippen molar-refractivity contribution in [1.82, 2.24) is 4.72 Å². The first-order valence-corrected chi connectivity index (χ1v) is 10.7. The van der Waals surface area contributed by atoms with E-state index < -0.39 is 15.6 Å². The molecule has 0 aliphatic carbocycles. The lowest BCUT2D eigenvalue weighted by Gasteiger charge is -2.20. The van der Waals surface area contributed by atoms with Crippen LogP contribution in [0.15, 0.2) is 53.4 Å². The molecule has 29 heavy (non-hydrogen) atoms. The molecule has 3 N–H and O–H groups in total. The molecule has 8 heteroatoms. The lowest BCUT2D eigenvalue weighted by molar-refractivity contribution is -0.116. The van der Waals surface area contributed by atoms with Gasteiger partial charge in [0.15, 0.2) is 0 Å². The lowest BCUT2D eigenvalue weighted by Crippen LogP contribution is -2.40. The van der Waals surface area contributed by atoms with E-state index in [1.807, 2.05) is 0 Å². The molecule has 2 aromatic rings. The molecule has 7 nitrogen and oxygen atoms in total. The van der Waals surface area contributed by atoms with Gasteiger partial charge in [0.2, 0.25) is 21.8 Å². The molecule has 0 aromatic heterocycles. The van der Waals surface area contributed by atoms with Crippen molar-refractivity contribution in [2.24, 2.45) is 0 Å². The Labute approximate surface area is 172 Å². The van der Waals surface area contributed by atoms with Gasteiger partial charge in [0, 0.05) is 30.3 Å². The Kier molecular flexibility index (Phi) is 7.16. The highest BCUT2D eigenvalue weighted by Crippen LogP contribution is 2.16. The summed E-state index contributed by atoms with van der Waals surface area (Å²) < 4.78 is 27.2. The SMILES string of the molecule is CC(=O)Nc1ccc(NC(=O)CCc2ccc(S(=O)(=O)NC(C)(C)C)cc2)cc1. The average molecular weight is 418 g/mol. The van der Waals surface area contributed by atoms with E-state index in [2.05, 4.69) is 15.4 Å². The molecular formula is C21H27N3O4S. The molecule has 0 bridgehead atoms. The van der Waals surface area contributed by atoms with Gasteiger partial charge in [-0.2, -0.15) is 0 Å². The van der Waals surface area contributed by atoms with Gasteiger partial charge in [0.1, 0.15) is 0 Å². The number of hydrogen-bond donors (Lipinski definition) is 3. The van der Waals surface area contributed by atoms with Gasteiger partial charge in [0.05, 0.1) is 4.90 Å². The van der Waals surface area contributed by atoms with Crippen LogP contribution in [-0.2, 0) is 26.0 Å². The van der Waals surface area contributed by atoms with E-state index in [0.29, 0.717) is 17.8 Å². The maximum absolute atomic E-state index is 12.3. The Hall–Kier alpha value is -2.71. The van der Waals surface area contributed by atoms with Crippen molar-refractivity contribution in [3.05, 3.63) is 54.1 Å². The average Bonchev–Trinajstić information content (AvgIpc) is 2.59. The number of carbonyl (C=O) groups is 2. The van der Waals surface area contributed by atoms with Gasteiger partial charge >= 0.3 is 0 Å². The van der Waals surface area contributed by atoms with E-state index in [0.717, 1.165) is 5.56 Å². The van der Waals surface area contributed by atoms with Crippen LogP contribution >= 0.6 is 0 Å². The molecular weight excluding hydrogens is 390 g/mol. The first kappa shape index (κ1) is 22.6. The highest BCUT2D eigenvalue weighted by Gasteiger charge is 2.21. The first-order chi connectivity index (χ1) is 13.4. The predicted octanol–water partition coefficient (Wildman–Crippen LogP) is 3.29. The van der Waals surface area contributed by atoms with Gasteiger partial charge in [0.25, 0.3) is 0 Å². The molecule has 0 aliphatic rings. The Morgan fingerprint density at radius 3 is 1.86 bits per heavy atom. The van der Waals surface area contributed by atoms with Crippen LogP contribution in [0.5, 0.6) is 0 Å². The topological polar surface area (TPSA) is 104 Å². The lowest BCUT2D eigenvalue weighted by atomic mass is 10.1. The molecule has 0 aliphatic heterocycles. The van der Waals surface area contributed by atoms with Crippen LogP contribution in [0.1, 0.15) is 39.7 Å². The largest absolute Gasteiger partial charge is 0.326 e. The summed E-state index contributed by atoms with van der Waals surface area (Å²) in [6, 6.07) is 13.4. The molecule has 0 fully saturated rings. The van der Waals surface area contributed by atoms with Crippen LogP contribution in [0.25, 0.3) is 0 Å². The summed E-state index contributed by atoms with van der Waals surface area (Å²) in [6.07, 6.45) is 0.753. The number of anilines is 2. The highest BCUT2D eigenvalue weighted by molar-refractivity contribution is 7.89. The molecule has 0 spiro atoms. The number of sulfonamides is 1. The number of nitrogens with one attached hydrogen (secondary N) is 3. The van der Waals surface area contributed by atoms with Crippen molar-refractivity contribution >= 4 is 33.2 Å². The van der Waals surface area contributed by atoms with Crippen molar-refractivity contribution in [1.29, 1.82) is 0 Å². The Bertz CT molecular complexity index is 960. The van der Waals surface area contributed by atoms with Gasteiger partial charge < -0.3 is 10.6 Å². The van der Waals surface area contributed by atoms with E-state index in [4.69, 9.17) is 0 Å². The number of amides is 2. The minimum atomic E-state index is -3.57. The fraction of sp³-hybridized carbons (Fsp3) is 0.333. The Morgan fingerprint density at radius 2 is 1.38 bits per heavy atom. The molecule has 0 unspecified atom stereocenters. The van der Waals surface area contributed by atoms with E-state index in [9.17, 15) is 18.0 Å². The third-order valence-corrected chi connectivity index (χ3v) is 5.58. The number of carbonyl (C=O) groups excluding carboxylic acids is 2. The maximum Gasteiger partial charge on any atom is 0.241 e. The number of aryl methyl sites for hydroxylation is 1. The zero-order chi connectivity index (χ0) is 21.7. The predicted molar refractivity (Wildman–Crippen MR) is 114 cm³/mol. The van der Waals surface area contributed by atoms with Crippen LogP contribution in [-0.4, -0.2) is 25.8 Å². The summed E-state index contributed by atoms with van der Waals surface area (Å²) in [5.41, 5.74) is 1.61. The number of hydrogen-bond acceptors (Lipinski definition) is 4. The van der Waals surface area contributed by atoms with Crippen molar-refractivity contribution < 1.29 is 18.0 Å². The highest BCUT2D eigenvalue weighted by atomic mass is 32.2. The molecule has 0 saturated carbocycles. The summed E-state index contributed by atoms with van der Waals surface area (Å²) >= 11 is 0. The smallest absolute Gasteiger partial charge is 0.241 e. The van der Waals surface area contributed by atoms with Gasteiger partial charge in [-0.25, -0.2) is 13.1 Å². The van der Waals surface area contributed by atoms with Crippen molar-refractivity contribution in [2.75, 3.05) is 10.6 Å². The zero-order valence-corrected chi connectivity index (χ0v) is 17.9. The van der Waals surface area contributed by atoms with Gasteiger partial charge in [-0.15, -0.1) is 0 Å². The van der Waals surface area contributed by atoms with Crippen LogP contribution in [0.2, 0.25) is 0 Å². The number of benzene rings is 2. The third-order valence-electron chi connectivity index (χ3n) is 3.80. The fourth-order valence-electron chi connectivity index (χ4n) is 2.62. The van der Waals surface area contributed by atoms with Crippen LogP contribution in [0, 0.1) is 0 Å². The monoisotopic (exact) mass is 417 g/mol.